The zero-order valence-electron chi connectivity index (χ0n) is 11.5. The summed E-state index contributed by atoms with van der Waals surface area (Å²) < 4.78 is 0. The van der Waals surface area contributed by atoms with Crippen molar-refractivity contribution in [2.75, 3.05) is 18.0 Å². The normalized spacial score (nSPS) is 16.6. The number of nitrogens with zero attached hydrogens (tertiary/aromatic N) is 2. The quantitative estimate of drug-likeness (QED) is 0.785. The van der Waals surface area contributed by atoms with Crippen LogP contribution in [0.1, 0.15) is 30.1 Å². The fourth-order valence-corrected chi connectivity index (χ4v) is 2.89. The van der Waals surface area contributed by atoms with Gasteiger partial charge in [-0.3, -0.25) is 4.79 Å². The van der Waals surface area contributed by atoms with Crippen LogP contribution >= 0.6 is 11.6 Å². The number of rotatable bonds is 2. The predicted octanol–water partition coefficient (Wildman–Crippen LogP) is 3.94. The summed E-state index contributed by atoms with van der Waals surface area (Å²) in [4.78, 5) is 18.3. The van der Waals surface area contributed by atoms with E-state index in [1.807, 2.05) is 24.3 Å². The highest BCUT2D eigenvalue weighted by molar-refractivity contribution is 6.31. The molecule has 0 N–H and O–H groups in total. The molecule has 0 unspecified atom stereocenters. The van der Waals surface area contributed by atoms with Gasteiger partial charge in [0, 0.05) is 23.5 Å². The number of carbonyl (C=O) groups excluding carboxylic acids is 1. The molecule has 0 radical (unpaired) electrons. The van der Waals surface area contributed by atoms with Crippen molar-refractivity contribution < 1.29 is 4.79 Å². The highest BCUT2D eigenvalue weighted by Gasteiger charge is 2.20. The van der Waals surface area contributed by atoms with Crippen LogP contribution in [0.15, 0.2) is 24.3 Å². The number of anilines is 1. The van der Waals surface area contributed by atoms with E-state index in [0.717, 1.165) is 54.9 Å². The summed E-state index contributed by atoms with van der Waals surface area (Å²) in [6, 6.07) is 7.47. The Kier molecular flexibility index (Phi) is 3.62. The van der Waals surface area contributed by atoms with Crippen molar-refractivity contribution in [1.82, 2.24) is 4.98 Å². The third kappa shape index (κ3) is 2.50. The number of aldehydes is 1. The molecule has 104 valence electrons. The van der Waals surface area contributed by atoms with Gasteiger partial charge < -0.3 is 4.90 Å². The highest BCUT2D eigenvalue weighted by Crippen LogP contribution is 2.27. The Morgan fingerprint density at radius 2 is 2.05 bits per heavy atom. The van der Waals surface area contributed by atoms with Crippen molar-refractivity contribution in [3.05, 3.63) is 34.9 Å². The van der Waals surface area contributed by atoms with Crippen molar-refractivity contribution >= 4 is 34.6 Å². The summed E-state index contributed by atoms with van der Waals surface area (Å²) >= 11 is 5.99. The number of benzene rings is 1. The summed E-state index contributed by atoms with van der Waals surface area (Å²) in [6.07, 6.45) is 3.19. The molecule has 0 amide bonds. The number of pyridine rings is 1. The third-order valence-corrected chi connectivity index (χ3v) is 4.23. The Morgan fingerprint density at radius 3 is 2.75 bits per heavy atom. The maximum atomic E-state index is 11.4. The Labute approximate surface area is 123 Å². The first-order chi connectivity index (χ1) is 9.67. The predicted molar refractivity (Wildman–Crippen MR) is 82.8 cm³/mol. The summed E-state index contributed by atoms with van der Waals surface area (Å²) in [7, 11) is 0. The standard InChI is InChI=1S/C16H17ClN2O/c1-11-4-6-19(7-5-11)16-13(10-20)8-12-9-14(17)2-3-15(12)18-16/h2-3,8-11H,4-7H2,1H3. The van der Waals surface area contributed by atoms with E-state index >= 15 is 0 Å². The monoisotopic (exact) mass is 288 g/mol. The molecule has 0 spiro atoms. The number of piperidine rings is 1. The van der Waals surface area contributed by atoms with E-state index < -0.39 is 0 Å². The molecule has 2 aromatic rings. The third-order valence-electron chi connectivity index (χ3n) is 4.00. The molecule has 4 heteroatoms. The van der Waals surface area contributed by atoms with E-state index in [1.165, 1.54) is 0 Å². The van der Waals surface area contributed by atoms with Gasteiger partial charge in [-0.15, -0.1) is 0 Å². The van der Waals surface area contributed by atoms with Gasteiger partial charge in [-0.1, -0.05) is 18.5 Å². The van der Waals surface area contributed by atoms with Crippen LogP contribution in [0.3, 0.4) is 0 Å². The zero-order valence-corrected chi connectivity index (χ0v) is 12.2. The molecule has 0 atom stereocenters. The molecule has 0 aliphatic carbocycles. The number of carbonyl (C=O) groups is 1. The Morgan fingerprint density at radius 1 is 1.30 bits per heavy atom. The second-order valence-electron chi connectivity index (χ2n) is 5.53. The highest BCUT2D eigenvalue weighted by atomic mass is 35.5. The van der Waals surface area contributed by atoms with Crippen LogP contribution in [-0.2, 0) is 0 Å². The molecule has 1 aliphatic rings. The van der Waals surface area contributed by atoms with E-state index in [4.69, 9.17) is 11.6 Å². The maximum absolute atomic E-state index is 11.4. The largest absolute Gasteiger partial charge is 0.356 e. The van der Waals surface area contributed by atoms with Crippen molar-refractivity contribution in [2.45, 2.75) is 19.8 Å². The smallest absolute Gasteiger partial charge is 0.153 e. The van der Waals surface area contributed by atoms with Crippen molar-refractivity contribution in [2.24, 2.45) is 5.92 Å². The average molecular weight is 289 g/mol. The van der Waals surface area contributed by atoms with Crippen LogP contribution in [0.2, 0.25) is 5.02 Å². The van der Waals surface area contributed by atoms with Crippen LogP contribution in [0.25, 0.3) is 10.9 Å². The van der Waals surface area contributed by atoms with Gasteiger partial charge in [-0.2, -0.15) is 0 Å². The molecule has 1 fully saturated rings. The maximum Gasteiger partial charge on any atom is 0.153 e. The molecule has 3 nitrogen and oxygen atoms in total. The van der Waals surface area contributed by atoms with Gasteiger partial charge in [-0.25, -0.2) is 4.98 Å². The number of hydrogen-bond donors (Lipinski definition) is 0. The number of fused-ring (bicyclic) bond motifs is 1. The molecule has 2 heterocycles. The molecular weight excluding hydrogens is 272 g/mol. The first kappa shape index (κ1) is 13.4. The van der Waals surface area contributed by atoms with Gasteiger partial charge in [0.1, 0.15) is 5.82 Å². The SMILES string of the molecule is CC1CCN(c2nc3ccc(Cl)cc3cc2C=O)CC1. The van der Waals surface area contributed by atoms with E-state index in [-0.39, 0.29) is 0 Å². The lowest BCUT2D eigenvalue weighted by Gasteiger charge is -2.32. The molecule has 20 heavy (non-hydrogen) atoms. The van der Waals surface area contributed by atoms with Gasteiger partial charge in [0.25, 0.3) is 0 Å². The van der Waals surface area contributed by atoms with Gasteiger partial charge in [-0.05, 0) is 43.0 Å². The summed E-state index contributed by atoms with van der Waals surface area (Å²) in [5.74, 6) is 1.56. The summed E-state index contributed by atoms with van der Waals surface area (Å²) in [5, 5.41) is 1.57. The minimum Gasteiger partial charge on any atom is -0.356 e. The summed E-state index contributed by atoms with van der Waals surface area (Å²) in [6.45, 7) is 4.20. The Hall–Kier alpha value is -1.61. The molecular formula is C16H17ClN2O. The molecule has 1 saturated heterocycles. The number of aromatic nitrogens is 1. The van der Waals surface area contributed by atoms with E-state index in [1.54, 1.807) is 0 Å². The molecule has 1 aromatic carbocycles. The van der Waals surface area contributed by atoms with Crippen molar-refractivity contribution in [3.63, 3.8) is 0 Å². The van der Waals surface area contributed by atoms with Crippen LogP contribution < -0.4 is 4.90 Å². The van der Waals surface area contributed by atoms with Crippen LogP contribution in [0.4, 0.5) is 5.82 Å². The Bertz CT molecular complexity index is 648. The van der Waals surface area contributed by atoms with Gasteiger partial charge in [0.05, 0.1) is 11.1 Å². The molecule has 0 saturated carbocycles. The van der Waals surface area contributed by atoms with Crippen LogP contribution in [0.5, 0.6) is 0 Å². The molecule has 1 aromatic heterocycles. The van der Waals surface area contributed by atoms with E-state index in [0.29, 0.717) is 10.6 Å². The second kappa shape index (κ2) is 5.41. The topological polar surface area (TPSA) is 33.2 Å². The van der Waals surface area contributed by atoms with Crippen molar-refractivity contribution in [3.8, 4) is 0 Å². The van der Waals surface area contributed by atoms with Gasteiger partial charge >= 0.3 is 0 Å². The lowest BCUT2D eigenvalue weighted by Crippen LogP contribution is -2.34. The lowest BCUT2D eigenvalue weighted by molar-refractivity contribution is 0.112. The average Bonchev–Trinajstić information content (AvgIpc) is 2.46. The fourth-order valence-electron chi connectivity index (χ4n) is 2.71. The van der Waals surface area contributed by atoms with Crippen LogP contribution in [0, 0.1) is 5.92 Å². The van der Waals surface area contributed by atoms with Crippen molar-refractivity contribution in [1.29, 1.82) is 0 Å². The first-order valence-corrected chi connectivity index (χ1v) is 7.35. The second-order valence-corrected chi connectivity index (χ2v) is 5.96. The molecule has 3 rings (SSSR count). The van der Waals surface area contributed by atoms with E-state index in [9.17, 15) is 4.79 Å². The van der Waals surface area contributed by atoms with Gasteiger partial charge in [0.15, 0.2) is 6.29 Å². The van der Waals surface area contributed by atoms with Crippen LogP contribution in [-0.4, -0.2) is 24.4 Å². The molecule has 0 bridgehead atoms. The minimum absolute atomic E-state index is 0.648. The van der Waals surface area contributed by atoms with E-state index in [2.05, 4.69) is 16.8 Å². The fraction of sp³-hybridized carbons (Fsp3) is 0.375. The number of halogens is 1. The minimum atomic E-state index is 0.648. The Balaban J connectivity index is 2.05. The lowest BCUT2D eigenvalue weighted by atomic mass is 9.99. The zero-order chi connectivity index (χ0) is 14.1. The van der Waals surface area contributed by atoms with Gasteiger partial charge in [0.2, 0.25) is 0 Å². The summed E-state index contributed by atoms with van der Waals surface area (Å²) in [5.41, 5.74) is 1.53. The molecule has 1 aliphatic heterocycles. The first-order valence-electron chi connectivity index (χ1n) is 6.98. The number of hydrogen-bond acceptors (Lipinski definition) is 3.